The number of hydrogen-bond acceptors (Lipinski definition) is 8. The van der Waals surface area contributed by atoms with Gasteiger partial charge in [-0.15, -0.1) is 0 Å². The van der Waals surface area contributed by atoms with Crippen molar-refractivity contribution in [1.29, 1.82) is 0 Å². The van der Waals surface area contributed by atoms with Crippen LogP contribution < -0.4 is 16.2 Å². The molecule has 204 valence electrons. The molecule has 1 aromatic rings. The Balaban J connectivity index is 1.73. The molecule has 0 amide bonds. The molecule has 3 rings (SSSR count). The van der Waals surface area contributed by atoms with Gasteiger partial charge in [0.05, 0.1) is 12.2 Å². The Kier molecular flexibility index (Phi) is 11.4. The van der Waals surface area contributed by atoms with E-state index in [2.05, 4.69) is 13.0 Å². The zero-order chi connectivity index (χ0) is 26.1. The van der Waals surface area contributed by atoms with Gasteiger partial charge in [0, 0.05) is 0 Å². The number of carboxylic acids is 1. The Morgan fingerprint density at radius 2 is 1.86 bits per heavy atom. The maximum Gasteiger partial charge on any atom is 0.341 e. The standard InChI is InChI=1S/C27H44N2O7/c1-4-5-6-9-21(35-33-17(2)28)11-12-22-23-13-19-8-7-10-25(32-16-27(30)31)24(19)14-20(23)15-26(22)36-34-18(3)29/h7-8,10,17-18,20-23,26H,4-6,9,11-16,28-29H2,1-3H3,(H,30,31). The maximum atomic E-state index is 11.0. The molecule has 0 saturated heterocycles. The van der Waals surface area contributed by atoms with E-state index >= 15 is 0 Å². The van der Waals surface area contributed by atoms with Crippen LogP contribution in [-0.4, -0.2) is 42.3 Å². The molecule has 0 radical (unpaired) electrons. The molecule has 9 nitrogen and oxygen atoms in total. The summed E-state index contributed by atoms with van der Waals surface area (Å²) in [5.41, 5.74) is 13.9. The average Bonchev–Trinajstić information content (AvgIpc) is 3.17. The molecular formula is C27H44N2O7. The van der Waals surface area contributed by atoms with Crippen LogP contribution in [0.1, 0.15) is 76.8 Å². The molecule has 7 unspecified atom stereocenters. The van der Waals surface area contributed by atoms with E-state index in [1.165, 1.54) is 5.56 Å². The Hall–Kier alpha value is -1.75. The van der Waals surface area contributed by atoms with E-state index in [1.54, 1.807) is 13.8 Å². The number of benzene rings is 1. The van der Waals surface area contributed by atoms with Crippen molar-refractivity contribution in [3.05, 3.63) is 29.3 Å². The molecule has 1 fully saturated rings. The fourth-order valence-electron chi connectivity index (χ4n) is 5.73. The van der Waals surface area contributed by atoms with Crippen LogP contribution in [0.2, 0.25) is 0 Å². The zero-order valence-corrected chi connectivity index (χ0v) is 21.9. The maximum absolute atomic E-state index is 11.0. The minimum Gasteiger partial charge on any atom is -0.482 e. The molecule has 0 aromatic heterocycles. The van der Waals surface area contributed by atoms with Crippen molar-refractivity contribution in [2.24, 2.45) is 29.2 Å². The van der Waals surface area contributed by atoms with Crippen LogP contribution >= 0.6 is 0 Å². The summed E-state index contributed by atoms with van der Waals surface area (Å²) in [6.07, 6.45) is 7.57. The van der Waals surface area contributed by atoms with Crippen molar-refractivity contribution in [1.82, 2.24) is 0 Å². The van der Waals surface area contributed by atoms with E-state index < -0.39 is 18.4 Å². The number of unbranched alkanes of at least 4 members (excludes halogenated alkanes) is 2. The second-order valence-corrected chi connectivity index (χ2v) is 10.3. The largest absolute Gasteiger partial charge is 0.482 e. The van der Waals surface area contributed by atoms with Crippen molar-refractivity contribution in [2.45, 2.75) is 103 Å². The van der Waals surface area contributed by atoms with E-state index in [0.717, 1.165) is 63.4 Å². The third kappa shape index (κ3) is 8.39. The minimum absolute atomic E-state index is 0.0245. The summed E-state index contributed by atoms with van der Waals surface area (Å²) in [5, 5.41) is 9.05. The third-order valence-electron chi connectivity index (χ3n) is 7.30. The van der Waals surface area contributed by atoms with Gasteiger partial charge in [-0.05, 0) is 87.3 Å². The van der Waals surface area contributed by atoms with Crippen molar-refractivity contribution >= 4 is 5.97 Å². The number of ether oxygens (including phenoxy) is 1. The molecule has 0 aliphatic heterocycles. The lowest BCUT2D eigenvalue weighted by Crippen LogP contribution is -2.31. The Morgan fingerprint density at radius 1 is 1.08 bits per heavy atom. The summed E-state index contributed by atoms with van der Waals surface area (Å²) in [4.78, 5) is 33.4. The van der Waals surface area contributed by atoms with Crippen molar-refractivity contribution < 1.29 is 34.2 Å². The topological polar surface area (TPSA) is 135 Å². The van der Waals surface area contributed by atoms with Gasteiger partial charge in [-0.25, -0.2) is 24.3 Å². The van der Waals surface area contributed by atoms with Crippen LogP contribution in [0.5, 0.6) is 5.75 Å². The Labute approximate surface area is 214 Å². The van der Waals surface area contributed by atoms with Gasteiger partial charge in [0.25, 0.3) is 0 Å². The molecule has 1 aromatic carbocycles. The van der Waals surface area contributed by atoms with Gasteiger partial charge in [-0.1, -0.05) is 38.3 Å². The fraction of sp³-hybridized carbons (Fsp3) is 0.741. The zero-order valence-electron chi connectivity index (χ0n) is 21.9. The first-order valence-electron chi connectivity index (χ1n) is 13.4. The highest BCUT2D eigenvalue weighted by molar-refractivity contribution is 5.68. The fourth-order valence-corrected chi connectivity index (χ4v) is 5.73. The molecular weight excluding hydrogens is 464 g/mol. The lowest BCUT2D eigenvalue weighted by Gasteiger charge is -2.33. The van der Waals surface area contributed by atoms with Crippen molar-refractivity contribution in [3.8, 4) is 5.75 Å². The monoisotopic (exact) mass is 508 g/mol. The molecule has 2 aliphatic rings. The van der Waals surface area contributed by atoms with E-state index in [-0.39, 0.29) is 24.7 Å². The van der Waals surface area contributed by atoms with Gasteiger partial charge in [0.2, 0.25) is 0 Å². The van der Waals surface area contributed by atoms with Crippen LogP contribution in [0.25, 0.3) is 0 Å². The van der Waals surface area contributed by atoms with Crippen molar-refractivity contribution in [2.75, 3.05) is 6.61 Å². The summed E-state index contributed by atoms with van der Waals surface area (Å²) < 4.78 is 5.61. The van der Waals surface area contributed by atoms with Crippen LogP contribution in [0, 0.1) is 17.8 Å². The summed E-state index contributed by atoms with van der Waals surface area (Å²) in [6.45, 7) is 5.35. The number of aliphatic carboxylic acids is 1. The summed E-state index contributed by atoms with van der Waals surface area (Å²) >= 11 is 0. The molecule has 0 spiro atoms. The van der Waals surface area contributed by atoms with Crippen molar-refractivity contribution in [3.63, 3.8) is 0 Å². The first-order chi connectivity index (χ1) is 17.3. The highest BCUT2D eigenvalue weighted by Crippen LogP contribution is 2.49. The second-order valence-electron chi connectivity index (χ2n) is 10.3. The quantitative estimate of drug-likeness (QED) is 0.130. The summed E-state index contributed by atoms with van der Waals surface area (Å²) in [7, 11) is 0. The highest BCUT2D eigenvalue weighted by Gasteiger charge is 2.47. The SMILES string of the molecule is CCCCCC(CCC1C(OOC(C)N)CC2Cc3c(cccc3OCC(=O)O)CC21)OOC(C)N. The van der Waals surface area contributed by atoms with E-state index in [1.807, 2.05) is 12.1 Å². The van der Waals surface area contributed by atoms with Crippen LogP contribution in [0.3, 0.4) is 0 Å². The van der Waals surface area contributed by atoms with E-state index in [0.29, 0.717) is 17.6 Å². The van der Waals surface area contributed by atoms with E-state index in [4.69, 9.17) is 40.9 Å². The molecule has 0 bridgehead atoms. The van der Waals surface area contributed by atoms with E-state index in [9.17, 15) is 4.79 Å². The van der Waals surface area contributed by atoms with Gasteiger partial charge >= 0.3 is 5.97 Å². The van der Waals surface area contributed by atoms with Gasteiger partial charge < -0.3 is 21.3 Å². The number of carboxylic acid groups (broad SMARTS) is 1. The lowest BCUT2D eigenvalue weighted by molar-refractivity contribution is -0.357. The lowest BCUT2D eigenvalue weighted by atomic mass is 9.73. The normalized spacial score (nSPS) is 25.6. The minimum atomic E-state index is -0.979. The molecule has 1 saturated carbocycles. The van der Waals surface area contributed by atoms with Gasteiger partial charge in [-0.2, -0.15) is 0 Å². The molecule has 36 heavy (non-hydrogen) atoms. The molecule has 0 heterocycles. The smallest absolute Gasteiger partial charge is 0.341 e. The molecule has 5 N–H and O–H groups in total. The molecule has 7 atom stereocenters. The number of fused-ring (bicyclic) bond motifs is 2. The van der Waals surface area contributed by atoms with Crippen LogP contribution in [0.15, 0.2) is 18.2 Å². The first kappa shape index (κ1) is 28.8. The Morgan fingerprint density at radius 3 is 2.56 bits per heavy atom. The number of rotatable bonds is 16. The number of nitrogens with two attached hydrogens (primary N) is 2. The summed E-state index contributed by atoms with van der Waals surface area (Å²) in [5.74, 6) is 0.766. The predicted octanol–water partition coefficient (Wildman–Crippen LogP) is 4.10. The average molecular weight is 509 g/mol. The summed E-state index contributed by atoms with van der Waals surface area (Å²) in [6, 6.07) is 5.92. The number of hydrogen-bond donors (Lipinski definition) is 3. The first-order valence-corrected chi connectivity index (χ1v) is 13.4. The van der Waals surface area contributed by atoms with Gasteiger partial charge in [0.15, 0.2) is 6.61 Å². The van der Waals surface area contributed by atoms with Gasteiger partial charge in [0.1, 0.15) is 18.2 Å². The molecule has 2 aliphatic carbocycles. The van der Waals surface area contributed by atoms with Crippen LogP contribution in [-0.2, 0) is 37.2 Å². The predicted molar refractivity (Wildman–Crippen MR) is 135 cm³/mol. The highest BCUT2D eigenvalue weighted by atomic mass is 17.2. The molecule has 9 heteroatoms. The Bertz CT molecular complexity index is 819. The number of carbonyl (C=O) groups is 1. The van der Waals surface area contributed by atoms with Crippen LogP contribution in [0.4, 0.5) is 0 Å². The van der Waals surface area contributed by atoms with Gasteiger partial charge in [-0.3, -0.25) is 0 Å². The second kappa shape index (κ2) is 14.3. The third-order valence-corrected chi connectivity index (χ3v) is 7.30.